The SMILES string of the molecule is CN(CC(C)(C)CN)C(=O)c1c(Cl)cccc1Cl.Cl. The molecule has 0 aliphatic heterocycles. The molecule has 1 aromatic rings. The third-order valence-electron chi connectivity index (χ3n) is 2.74. The van der Waals surface area contributed by atoms with E-state index in [1.54, 1.807) is 30.1 Å². The topological polar surface area (TPSA) is 46.3 Å². The predicted octanol–water partition coefficient (Wildman–Crippen LogP) is 3.47. The van der Waals surface area contributed by atoms with Crippen molar-refractivity contribution in [3.05, 3.63) is 33.8 Å². The van der Waals surface area contributed by atoms with Crippen LogP contribution in [0.5, 0.6) is 0 Å². The van der Waals surface area contributed by atoms with E-state index in [9.17, 15) is 4.79 Å². The van der Waals surface area contributed by atoms with Gasteiger partial charge in [-0.25, -0.2) is 0 Å². The molecular formula is C13H19Cl3N2O. The molecule has 1 amide bonds. The molecule has 0 bridgehead atoms. The number of hydrogen-bond acceptors (Lipinski definition) is 2. The van der Waals surface area contributed by atoms with Crippen molar-refractivity contribution in [1.29, 1.82) is 0 Å². The molecule has 0 heterocycles. The van der Waals surface area contributed by atoms with Crippen molar-refractivity contribution in [3.8, 4) is 0 Å². The van der Waals surface area contributed by atoms with Gasteiger partial charge in [-0.1, -0.05) is 43.1 Å². The van der Waals surface area contributed by atoms with Gasteiger partial charge in [0.1, 0.15) is 0 Å². The van der Waals surface area contributed by atoms with Gasteiger partial charge in [-0.2, -0.15) is 0 Å². The van der Waals surface area contributed by atoms with E-state index < -0.39 is 0 Å². The zero-order valence-electron chi connectivity index (χ0n) is 11.2. The molecule has 0 spiro atoms. The first-order chi connectivity index (χ1) is 8.28. The first kappa shape index (κ1) is 18.5. The molecule has 0 atom stereocenters. The molecule has 1 aromatic carbocycles. The summed E-state index contributed by atoms with van der Waals surface area (Å²) in [5.41, 5.74) is 5.87. The fraction of sp³-hybridized carbons (Fsp3) is 0.462. The molecule has 0 saturated carbocycles. The van der Waals surface area contributed by atoms with Crippen molar-refractivity contribution in [3.63, 3.8) is 0 Å². The second-order valence-corrected chi connectivity index (χ2v) is 5.94. The molecule has 0 aromatic heterocycles. The van der Waals surface area contributed by atoms with Crippen LogP contribution in [0.2, 0.25) is 10.0 Å². The van der Waals surface area contributed by atoms with Crippen LogP contribution in [0, 0.1) is 5.41 Å². The molecule has 19 heavy (non-hydrogen) atoms. The van der Waals surface area contributed by atoms with E-state index in [2.05, 4.69) is 0 Å². The summed E-state index contributed by atoms with van der Waals surface area (Å²) in [6.45, 7) is 5.06. The number of halogens is 3. The smallest absolute Gasteiger partial charge is 0.256 e. The highest BCUT2D eigenvalue weighted by Crippen LogP contribution is 2.26. The summed E-state index contributed by atoms with van der Waals surface area (Å²) < 4.78 is 0. The third kappa shape index (κ3) is 4.84. The Morgan fingerprint density at radius 1 is 1.32 bits per heavy atom. The zero-order chi connectivity index (χ0) is 13.9. The number of rotatable bonds is 4. The van der Waals surface area contributed by atoms with E-state index in [1.807, 2.05) is 13.8 Å². The van der Waals surface area contributed by atoms with Crippen LogP contribution in [0.25, 0.3) is 0 Å². The van der Waals surface area contributed by atoms with Crippen molar-refractivity contribution < 1.29 is 4.79 Å². The van der Waals surface area contributed by atoms with Crippen LogP contribution in [0.3, 0.4) is 0 Å². The monoisotopic (exact) mass is 324 g/mol. The summed E-state index contributed by atoms with van der Waals surface area (Å²) in [4.78, 5) is 13.9. The lowest BCUT2D eigenvalue weighted by atomic mass is 9.93. The predicted molar refractivity (Wildman–Crippen MR) is 83.5 cm³/mol. The lowest BCUT2D eigenvalue weighted by Gasteiger charge is -2.29. The summed E-state index contributed by atoms with van der Waals surface area (Å²) in [5.74, 6) is -0.188. The Hall–Kier alpha value is -0.480. The number of carbonyl (C=O) groups is 1. The van der Waals surface area contributed by atoms with E-state index in [0.29, 0.717) is 28.7 Å². The van der Waals surface area contributed by atoms with Crippen molar-refractivity contribution in [1.82, 2.24) is 4.90 Å². The first-order valence-electron chi connectivity index (χ1n) is 5.68. The fourth-order valence-electron chi connectivity index (χ4n) is 1.67. The van der Waals surface area contributed by atoms with Crippen LogP contribution in [0.1, 0.15) is 24.2 Å². The van der Waals surface area contributed by atoms with E-state index >= 15 is 0 Å². The van der Waals surface area contributed by atoms with E-state index in [1.165, 1.54) is 0 Å². The van der Waals surface area contributed by atoms with Gasteiger partial charge in [0.2, 0.25) is 0 Å². The lowest BCUT2D eigenvalue weighted by molar-refractivity contribution is 0.0741. The van der Waals surface area contributed by atoms with E-state index in [4.69, 9.17) is 28.9 Å². The van der Waals surface area contributed by atoms with E-state index in [0.717, 1.165) is 0 Å². The Balaban J connectivity index is 0.00000324. The molecular weight excluding hydrogens is 307 g/mol. The minimum absolute atomic E-state index is 0. The molecule has 0 unspecified atom stereocenters. The molecule has 6 heteroatoms. The van der Waals surface area contributed by atoms with Gasteiger partial charge in [0, 0.05) is 13.6 Å². The van der Waals surface area contributed by atoms with Gasteiger partial charge in [-0.15, -0.1) is 12.4 Å². The molecule has 0 aliphatic carbocycles. The molecule has 0 aliphatic rings. The summed E-state index contributed by atoms with van der Waals surface area (Å²) >= 11 is 12.0. The Morgan fingerprint density at radius 3 is 2.21 bits per heavy atom. The summed E-state index contributed by atoms with van der Waals surface area (Å²) in [5, 5.41) is 0.731. The van der Waals surface area contributed by atoms with Crippen molar-refractivity contribution in [2.45, 2.75) is 13.8 Å². The molecule has 108 valence electrons. The van der Waals surface area contributed by atoms with Crippen LogP contribution >= 0.6 is 35.6 Å². The number of nitrogens with zero attached hydrogens (tertiary/aromatic N) is 1. The van der Waals surface area contributed by atoms with Crippen molar-refractivity contribution in [2.75, 3.05) is 20.1 Å². The molecule has 0 radical (unpaired) electrons. The zero-order valence-corrected chi connectivity index (χ0v) is 13.6. The number of nitrogens with two attached hydrogens (primary N) is 1. The first-order valence-corrected chi connectivity index (χ1v) is 6.43. The van der Waals surface area contributed by atoms with Gasteiger partial charge in [-0.05, 0) is 24.1 Å². The average Bonchev–Trinajstić information content (AvgIpc) is 2.28. The Labute approximate surface area is 130 Å². The molecule has 0 fully saturated rings. The summed E-state index contributed by atoms with van der Waals surface area (Å²) in [6.07, 6.45) is 0. The van der Waals surface area contributed by atoms with Crippen LogP contribution in [-0.2, 0) is 0 Å². The highest BCUT2D eigenvalue weighted by atomic mass is 35.5. The number of amides is 1. The number of carbonyl (C=O) groups excluding carboxylic acids is 1. The standard InChI is InChI=1S/C13H18Cl2N2O.ClH/c1-13(2,7-16)8-17(3)12(18)11-9(14)5-4-6-10(11)15;/h4-6H,7-8,16H2,1-3H3;1H. The van der Waals surface area contributed by atoms with Gasteiger partial charge in [0.25, 0.3) is 5.91 Å². The quantitative estimate of drug-likeness (QED) is 0.921. The number of hydrogen-bond donors (Lipinski definition) is 1. The average molecular weight is 326 g/mol. The van der Waals surface area contributed by atoms with Gasteiger partial charge in [0.15, 0.2) is 0 Å². The van der Waals surface area contributed by atoms with Crippen molar-refractivity contribution >= 4 is 41.5 Å². The number of benzene rings is 1. The van der Waals surface area contributed by atoms with Crippen LogP contribution in [0.4, 0.5) is 0 Å². The summed E-state index contributed by atoms with van der Waals surface area (Å²) in [6, 6.07) is 5.02. The van der Waals surface area contributed by atoms with Gasteiger partial charge < -0.3 is 10.6 Å². The normalized spacial score (nSPS) is 10.8. The molecule has 0 saturated heterocycles. The summed E-state index contributed by atoms with van der Waals surface area (Å²) in [7, 11) is 1.72. The largest absolute Gasteiger partial charge is 0.341 e. The highest BCUT2D eigenvalue weighted by Gasteiger charge is 2.24. The highest BCUT2D eigenvalue weighted by molar-refractivity contribution is 6.39. The maximum Gasteiger partial charge on any atom is 0.256 e. The van der Waals surface area contributed by atoms with Gasteiger partial charge >= 0.3 is 0 Å². The maximum absolute atomic E-state index is 12.3. The Morgan fingerprint density at radius 2 is 1.79 bits per heavy atom. The maximum atomic E-state index is 12.3. The van der Waals surface area contributed by atoms with Crippen LogP contribution in [0.15, 0.2) is 18.2 Å². The van der Waals surface area contributed by atoms with Gasteiger partial charge in [0.05, 0.1) is 15.6 Å². The lowest BCUT2D eigenvalue weighted by Crippen LogP contribution is -2.39. The minimum Gasteiger partial charge on any atom is -0.341 e. The Bertz CT molecular complexity index is 429. The second kappa shape index (κ2) is 7.34. The Kier molecular flexibility index (Phi) is 7.16. The van der Waals surface area contributed by atoms with Gasteiger partial charge in [-0.3, -0.25) is 4.79 Å². The van der Waals surface area contributed by atoms with Crippen LogP contribution in [-0.4, -0.2) is 30.9 Å². The fourth-order valence-corrected chi connectivity index (χ4v) is 2.23. The second-order valence-electron chi connectivity index (χ2n) is 5.13. The van der Waals surface area contributed by atoms with Crippen LogP contribution < -0.4 is 5.73 Å². The van der Waals surface area contributed by atoms with E-state index in [-0.39, 0.29) is 23.7 Å². The molecule has 2 N–H and O–H groups in total. The minimum atomic E-state index is -0.188. The third-order valence-corrected chi connectivity index (χ3v) is 3.37. The molecule has 3 nitrogen and oxygen atoms in total. The molecule has 1 rings (SSSR count). The van der Waals surface area contributed by atoms with Crippen molar-refractivity contribution in [2.24, 2.45) is 11.1 Å².